The number of hydrogen-bond acceptors (Lipinski definition) is 5. The first kappa shape index (κ1) is 10.7. The first-order valence-corrected chi connectivity index (χ1v) is 5.30. The highest BCUT2D eigenvalue weighted by Gasteiger charge is 2.12. The smallest absolute Gasteiger partial charge is 0.262 e. The third-order valence-corrected chi connectivity index (χ3v) is 2.53. The van der Waals surface area contributed by atoms with E-state index in [1.165, 1.54) is 12.3 Å². The number of carbonyl (C=O) groups is 1. The predicted octanol–water partition coefficient (Wildman–Crippen LogP) is 1.60. The number of aryl methyl sites for hydroxylation is 1. The normalized spacial score (nSPS) is 10.3. The van der Waals surface area contributed by atoms with Crippen molar-refractivity contribution in [2.24, 2.45) is 0 Å². The highest BCUT2D eigenvalue weighted by Crippen LogP contribution is 2.18. The maximum absolute atomic E-state index is 11.6. The van der Waals surface area contributed by atoms with Crippen LogP contribution in [0.4, 0.5) is 0 Å². The second-order valence-electron chi connectivity index (χ2n) is 3.06. The Morgan fingerprint density at radius 1 is 1.56 bits per heavy atom. The summed E-state index contributed by atoms with van der Waals surface area (Å²) in [6, 6.07) is 4.55. The van der Waals surface area contributed by atoms with Gasteiger partial charge in [-0.2, -0.15) is 0 Å². The van der Waals surface area contributed by atoms with E-state index in [0.717, 1.165) is 11.8 Å². The van der Waals surface area contributed by atoms with E-state index in [4.69, 9.17) is 4.42 Å². The number of rotatable bonds is 2. The van der Waals surface area contributed by atoms with E-state index in [-0.39, 0.29) is 21.6 Å². The molecule has 0 fully saturated rings. The molecule has 2 aromatic heterocycles. The average molecular weight is 236 g/mol. The number of thioether (sulfide) groups is 1. The fourth-order valence-corrected chi connectivity index (χ4v) is 1.87. The highest BCUT2D eigenvalue weighted by atomic mass is 32.2. The molecule has 0 bridgehead atoms. The monoisotopic (exact) mass is 236 g/mol. The molecular weight excluding hydrogens is 228 g/mol. The molecule has 2 heterocycles. The van der Waals surface area contributed by atoms with Gasteiger partial charge in [-0.05, 0) is 30.8 Å². The van der Waals surface area contributed by atoms with E-state index < -0.39 is 0 Å². The summed E-state index contributed by atoms with van der Waals surface area (Å²) in [6.07, 6.45) is 1.42. The second-order valence-corrected chi connectivity index (χ2v) is 4.02. The van der Waals surface area contributed by atoms with Crippen LogP contribution in [0.1, 0.15) is 16.2 Å². The molecule has 0 spiro atoms. The van der Waals surface area contributed by atoms with Crippen LogP contribution in [-0.4, -0.2) is 15.1 Å². The highest BCUT2D eigenvalue weighted by molar-refractivity contribution is 8.14. The number of nitrogens with one attached hydrogen (secondary N) is 1. The van der Waals surface area contributed by atoms with Crippen LogP contribution in [0.2, 0.25) is 0 Å². The van der Waals surface area contributed by atoms with E-state index in [1.807, 2.05) is 0 Å². The van der Waals surface area contributed by atoms with Gasteiger partial charge in [0.15, 0.2) is 10.9 Å². The van der Waals surface area contributed by atoms with Crippen LogP contribution in [0, 0.1) is 6.92 Å². The number of nitrogens with zero attached hydrogens (tertiary/aromatic N) is 1. The molecule has 2 aromatic rings. The Bertz CT molecular complexity index is 560. The van der Waals surface area contributed by atoms with Gasteiger partial charge < -0.3 is 9.40 Å². The van der Waals surface area contributed by atoms with E-state index in [2.05, 4.69) is 9.97 Å². The maximum atomic E-state index is 11.6. The summed E-state index contributed by atoms with van der Waals surface area (Å²) in [7, 11) is 0. The molecule has 0 aliphatic heterocycles. The largest absolute Gasteiger partial charge is 0.460 e. The summed E-state index contributed by atoms with van der Waals surface area (Å²) >= 11 is 0.830. The topological polar surface area (TPSA) is 76.0 Å². The minimum atomic E-state index is -0.293. The van der Waals surface area contributed by atoms with E-state index >= 15 is 0 Å². The molecule has 0 aromatic carbocycles. The summed E-state index contributed by atoms with van der Waals surface area (Å²) in [5, 5.41) is -0.0230. The molecule has 1 N–H and O–H groups in total. The third kappa shape index (κ3) is 2.40. The van der Waals surface area contributed by atoms with Gasteiger partial charge in [0.25, 0.3) is 10.7 Å². The Hall–Kier alpha value is -1.82. The van der Waals surface area contributed by atoms with Crippen molar-refractivity contribution in [3.63, 3.8) is 0 Å². The van der Waals surface area contributed by atoms with Crippen molar-refractivity contribution in [1.82, 2.24) is 9.97 Å². The molecule has 0 unspecified atom stereocenters. The van der Waals surface area contributed by atoms with Gasteiger partial charge in [-0.15, -0.1) is 0 Å². The van der Waals surface area contributed by atoms with Crippen LogP contribution in [0.3, 0.4) is 0 Å². The summed E-state index contributed by atoms with van der Waals surface area (Å²) in [5.41, 5.74) is 0.292. The number of H-pyrrole nitrogens is 1. The fraction of sp³-hybridized carbons (Fsp3) is 0.100. The van der Waals surface area contributed by atoms with Crippen LogP contribution in [0.5, 0.6) is 0 Å². The van der Waals surface area contributed by atoms with Crippen LogP contribution in [0.25, 0.3) is 0 Å². The van der Waals surface area contributed by atoms with Crippen molar-refractivity contribution < 1.29 is 9.21 Å². The summed E-state index contributed by atoms with van der Waals surface area (Å²) in [5.74, 6) is 0.231. The minimum Gasteiger partial charge on any atom is -0.460 e. The minimum absolute atomic E-state index is 0.231. The van der Waals surface area contributed by atoms with E-state index in [1.54, 1.807) is 19.1 Å². The van der Waals surface area contributed by atoms with Gasteiger partial charge in [0.1, 0.15) is 0 Å². The Morgan fingerprint density at radius 3 is 3.00 bits per heavy atom. The molecule has 0 aliphatic rings. The Kier molecular flexibility index (Phi) is 2.91. The van der Waals surface area contributed by atoms with Gasteiger partial charge in [0.05, 0.1) is 6.26 Å². The molecule has 0 saturated carbocycles. The molecule has 0 saturated heterocycles. The fourth-order valence-electron chi connectivity index (χ4n) is 1.13. The SMILES string of the molecule is Cc1cc(=O)[nH]c(SC(=O)c2ccco2)n1. The lowest BCUT2D eigenvalue weighted by molar-refractivity contribution is 0.106. The Balaban J connectivity index is 2.21. The van der Waals surface area contributed by atoms with Crippen LogP contribution in [-0.2, 0) is 0 Å². The number of carbonyl (C=O) groups excluding carboxylic acids is 1. The molecular formula is C10H8N2O3S. The molecule has 0 radical (unpaired) electrons. The second kappa shape index (κ2) is 4.36. The number of aromatic nitrogens is 2. The van der Waals surface area contributed by atoms with Crippen LogP contribution < -0.4 is 5.56 Å². The van der Waals surface area contributed by atoms with Gasteiger partial charge in [-0.3, -0.25) is 9.59 Å². The maximum Gasteiger partial charge on any atom is 0.262 e. The summed E-state index contributed by atoms with van der Waals surface area (Å²) < 4.78 is 4.94. The van der Waals surface area contributed by atoms with Crippen molar-refractivity contribution in [3.05, 3.63) is 46.3 Å². The predicted molar refractivity (Wildman–Crippen MR) is 58.5 cm³/mol. The standard InChI is InChI=1S/C10H8N2O3S/c1-6-5-8(13)12-10(11-6)16-9(14)7-3-2-4-15-7/h2-5H,1H3,(H,11,12,13). The van der Waals surface area contributed by atoms with Crippen molar-refractivity contribution in [1.29, 1.82) is 0 Å². The first-order valence-electron chi connectivity index (χ1n) is 4.49. The lowest BCUT2D eigenvalue weighted by atomic mass is 10.5. The van der Waals surface area contributed by atoms with Gasteiger partial charge in [0, 0.05) is 11.8 Å². The van der Waals surface area contributed by atoms with Crippen molar-refractivity contribution in [2.45, 2.75) is 12.1 Å². The Labute approximate surface area is 94.9 Å². The molecule has 0 atom stereocenters. The number of furan rings is 1. The van der Waals surface area contributed by atoms with E-state index in [9.17, 15) is 9.59 Å². The summed E-state index contributed by atoms with van der Waals surface area (Å²) in [6.45, 7) is 1.69. The molecule has 0 aliphatic carbocycles. The zero-order valence-corrected chi connectivity index (χ0v) is 9.21. The van der Waals surface area contributed by atoms with Gasteiger partial charge in [0.2, 0.25) is 0 Å². The number of hydrogen-bond donors (Lipinski definition) is 1. The lowest BCUT2D eigenvalue weighted by Gasteiger charge is -1.98. The lowest BCUT2D eigenvalue weighted by Crippen LogP contribution is -2.09. The molecule has 82 valence electrons. The first-order chi connectivity index (χ1) is 7.65. The third-order valence-electron chi connectivity index (χ3n) is 1.76. The van der Waals surface area contributed by atoms with Crippen molar-refractivity contribution in [3.8, 4) is 0 Å². The molecule has 6 heteroatoms. The Morgan fingerprint density at radius 2 is 2.38 bits per heavy atom. The molecule has 0 amide bonds. The molecule has 2 rings (SSSR count). The van der Waals surface area contributed by atoms with Crippen molar-refractivity contribution in [2.75, 3.05) is 0 Å². The van der Waals surface area contributed by atoms with Gasteiger partial charge >= 0.3 is 0 Å². The zero-order chi connectivity index (χ0) is 11.5. The summed E-state index contributed by atoms with van der Waals surface area (Å²) in [4.78, 5) is 29.2. The van der Waals surface area contributed by atoms with E-state index in [0.29, 0.717) is 5.69 Å². The number of aromatic amines is 1. The van der Waals surface area contributed by atoms with Crippen LogP contribution >= 0.6 is 11.8 Å². The van der Waals surface area contributed by atoms with Gasteiger partial charge in [-0.1, -0.05) is 0 Å². The molecule has 16 heavy (non-hydrogen) atoms. The quantitative estimate of drug-likeness (QED) is 0.633. The van der Waals surface area contributed by atoms with Crippen molar-refractivity contribution >= 4 is 16.9 Å². The molecule has 5 nitrogen and oxygen atoms in total. The zero-order valence-electron chi connectivity index (χ0n) is 8.39. The van der Waals surface area contributed by atoms with Crippen LogP contribution in [0.15, 0.2) is 38.8 Å². The average Bonchev–Trinajstić information content (AvgIpc) is 2.68. The van der Waals surface area contributed by atoms with Gasteiger partial charge in [-0.25, -0.2) is 4.98 Å².